The van der Waals surface area contributed by atoms with Gasteiger partial charge in [-0.25, -0.2) is 0 Å². The molecular formula is C12H24O2. The van der Waals surface area contributed by atoms with Gasteiger partial charge in [0.25, 0.3) is 0 Å². The first-order valence-electron chi connectivity index (χ1n) is 6.08. The highest BCUT2D eigenvalue weighted by molar-refractivity contribution is 4.65. The fraction of sp³-hybridized carbons (Fsp3) is 1.00. The van der Waals surface area contributed by atoms with E-state index in [1.807, 2.05) is 0 Å². The largest absolute Gasteiger partial charge is 0.393 e. The van der Waals surface area contributed by atoms with E-state index in [0.29, 0.717) is 0 Å². The van der Waals surface area contributed by atoms with E-state index in [2.05, 4.69) is 6.92 Å². The predicted octanol–water partition coefficient (Wildman–Crippen LogP) is 2.74. The molecule has 0 amide bonds. The average Bonchev–Trinajstić information content (AvgIpc) is 2.20. The van der Waals surface area contributed by atoms with E-state index >= 15 is 0 Å². The Morgan fingerprint density at radius 1 is 1.29 bits per heavy atom. The summed E-state index contributed by atoms with van der Waals surface area (Å²) in [4.78, 5) is 0. The van der Waals surface area contributed by atoms with Gasteiger partial charge in [0.2, 0.25) is 0 Å². The molecule has 0 aromatic rings. The normalized spacial score (nSPS) is 21.0. The minimum Gasteiger partial charge on any atom is -0.393 e. The molecule has 1 atom stereocenters. The van der Waals surface area contributed by atoms with Gasteiger partial charge in [0.15, 0.2) is 0 Å². The zero-order valence-corrected chi connectivity index (χ0v) is 9.37. The maximum absolute atomic E-state index is 9.55. The third-order valence-electron chi connectivity index (χ3n) is 3.11. The Hall–Kier alpha value is -0.0800. The highest BCUT2D eigenvalue weighted by atomic mass is 16.5. The predicted molar refractivity (Wildman–Crippen MR) is 58.3 cm³/mol. The molecule has 0 aliphatic carbocycles. The monoisotopic (exact) mass is 200 g/mol. The van der Waals surface area contributed by atoms with Crippen molar-refractivity contribution >= 4 is 0 Å². The van der Waals surface area contributed by atoms with Crippen molar-refractivity contribution in [3.05, 3.63) is 0 Å². The molecule has 1 rings (SSSR count). The molecule has 2 heteroatoms. The summed E-state index contributed by atoms with van der Waals surface area (Å²) in [5.41, 5.74) is 0. The van der Waals surface area contributed by atoms with Crippen molar-refractivity contribution in [1.82, 2.24) is 0 Å². The molecule has 1 heterocycles. The van der Waals surface area contributed by atoms with E-state index < -0.39 is 0 Å². The van der Waals surface area contributed by atoms with Crippen LogP contribution < -0.4 is 0 Å². The van der Waals surface area contributed by atoms with Crippen LogP contribution in [-0.4, -0.2) is 24.4 Å². The molecule has 1 aliphatic rings. The van der Waals surface area contributed by atoms with Crippen LogP contribution in [0, 0.1) is 5.92 Å². The van der Waals surface area contributed by atoms with E-state index in [4.69, 9.17) is 4.74 Å². The Morgan fingerprint density at radius 3 is 2.64 bits per heavy atom. The van der Waals surface area contributed by atoms with Crippen LogP contribution in [0.15, 0.2) is 0 Å². The second-order valence-corrected chi connectivity index (χ2v) is 4.43. The molecule has 1 unspecified atom stereocenters. The van der Waals surface area contributed by atoms with Gasteiger partial charge >= 0.3 is 0 Å². The average molecular weight is 200 g/mol. The third-order valence-corrected chi connectivity index (χ3v) is 3.11. The number of hydrogen-bond donors (Lipinski definition) is 1. The topological polar surface area (TPSA) is 29.5 Å². The zero-order valence-electron chi connectivity index (χ0n) is 9.37. The van der Waals surface area contributed by atoms with Gasteiger partial charge in [-0.2, -0.15) is 0 Å². The molecule has 1 aliphatic heterocycles. The minimum atomic E-state index is -0.0557. The summed E-state index contributed by atoms with van der Waals surface area (Å²) in [5.74, 6) is 0.859. The lowest BCUT2D eigenvalue weighted by molar-refractivity contribution is 0.0612. The summed E-state index contributed by atoms with van der Waals surface area (Å²) in [5, 5.41) is 9.55. The first-order valence-corrected chi connectivity index (χ1v) is 6.08. The molecule has 1 N–H and O–H groups in total. The smallest absolute Gasteiger partial charge is 0.0540 e. The Bertz CT molecular complexity index is 130. The van der Waals surface area contributed by atoms with E-state index in [1.165, 1.54) is 25.7 Å². The van der Waals surface area contributed by atoms with Crippen LogP contribution in [0.2, 0.25) is 0 Å². The van der Waals surface area contributed by atoms with Gasteiger partial charge in [0, 0.05) is 13.2 Å². The first-order chi connectivity index (χ1) is 6.83. The second-order valence-electron chi connectivity index (χ2n) is 4.43. The lowest BCUT2D eigenvalue weighted by atomic mass is 9.93. The van der Waals surface area contributed by atoms with Crippen molar-refractivity contribution < 1.29 is 9.84 Å². The maximum atomic E-state index is 9.55. The van der Waals surface area contributed by atoms with Crippen molar-refractivity contribution in [1.29, 1.82) is 0 Å². The molecule has 2 nitrogen and oxygen atoms in total. The molecule has 14 heavy (non-hydrogen) atoms. The van der Waals surface area contributed by atoms with Gasteiger partial charge in [-0.3, -0.25) is 0 Å². The number of ether oxygens (including phenoxy) is 1. The summed E-state index contributed by atoms with van der Waals surface area (Å²) >= 11 is 0. The molecule has 1 fully saturated rings. The Labute approximate surface area is 87.7 Å². The standard InChI is InChI=1S/C12H24O2/c1-2-4-12(13)6-3-5-11-7-9-14-10-8-11/h11-13H,2-10H2,1H3. The highest BCUT2D eigenvalue weighted by Crippen LogP contribution is 2.21. The van der Waals surface area contributed by atoms with Crippen molar-refractivity contribution in [2.24, 2.45) is 5.92 Å². The van der Waals surface area contributed by atoms with Crippen LogP contribution in [0.1, 0.15) is 51.9 Å². The van der Waals surface area contributed by atoms with Gasteiger partial charge in [0.05, 0.1) is 6.10 Å². The van der Waals surface area contributed by atoms with Crippen LogP contribution in [0.5, 0.6) is 0 Å². The molecule has 0 bridgehead atoms. The quantitative estimate of drug-likeness (QED) is 0.714. The molecular weight excluding hydrogens is 176 g/mol. The maximum Gasteiger partial charge on any atom is 0.0540 e. The van der Waals surface area contributed by atoms with Gasteiger partial charge < -0.3 is 9.84 Å². The van der Waals surface area contributed by atoms with Gasteiger partial charge in [-0.15, -0.1) is 0 Å². The molecule has 0 aromatic carbocycles. The van der Waals surface area contributed by atoms with Crippen LogP contribution in [0.25, 0.3) is 0 Å². The number of rotatable bonds is 6. The minimum absolute atomic E-state index is 0.0557. The van der Waals surface area contributed by atoms with Crippen molar-refractivity contribution in [2.75, 3.05) is 13.2 Å². The third kappa shape index (κ3) is 4.97. The number of aliphatic hydroxyl groups is 1. The molecule has 84 valence electrons. The van der Waals surface area contributed by atoms with Crippen LogP contribution in [0.3, 0.4) is 0 Å². The molecule has 0 aromatic heterocycles. The number of hydrogen-bond acceptors (Lipinski definition) is 2. The van der Waals surface area contributed by atoms with Crippen molar-refractivity contribution in [3.8, 4) is 0 Å². The van der Waals surface area contributed by atoms with E-state index in [-0.39, 0.29) is 6.10 Å². The summed E-state index contributed by atoms with van der Waals surface area (Å²) in [6.07, 6.45) is 7.92. The Kier molecular flexibility index (Phi) is 6.20. The fourth-order valence-electron chi connectivity index (χ4n) is 2.15. The van der Waals surface area contributed by atoms with E-state index in [0.717, 1.165) is 38.4 Å². The molecule has 1 saturated heterocycles. The van der Waals surface area contributed by atoms with Gasteiger partial charge in [-0.05, 0) is 31.6 Å². The number of aliphatic hydroxyl groups excluding tert-OH is 1. The second kappa shape index (κ2) is 7.24. The van der Waals surface area contributed by atoms with Crippen LogP contribution in [0.4, 0.5) is 0 Å². The van der Waals surface area contributed by atoms with Gasteiger partial charge in [0.1, 0.15) is 0 Å². The Morgan fingerprint density at radius 2 is 2.00 bits per heavy atom. The molecule has 0 saturated carbocycles. The summed E-state index contributed by atoms with van der Waals surface area (Å²) < 4.78 is 5.32. The van der Waals surface area contributed by atoms with Crippen molar-refractivity contribution in [3.63, 3.8) is 0 Å². The molecule has 0 spiro atoms. The van der Waals surface area contributed by atoms with Crippen LogP contribution in [-0.2, 0) is 4.74 Å². The van der Waals surface area contributed by atoms with E-state index in [9.17, 15) is 5.11 Å². The van der Waals surface area contributed by atoms with E-state index in [1.54, 1.807) is 0 Å². The first kappa shape index (κ1) is 12.0. The lowest BCUT2D eigenvalue weighted by Crippen LogP contribution is -2.16. The highest BCUT2D eigenvalue weighted by Gasteiger charge is 2.13. The van der Waals surface area contributed by atoms with Crippen molar-refractivity contribution in [2.45, 2.75) is 58.0 Å². The van der Waals surface area contributed by atoms with Gasteiger partial charge in [-0.1, -0.05) is 26.2 Å². The summed E-state index contributed by atoms with van der Waals surface area (Å²) in [6.45, 7) is 4.02. The Balaban J connectivity index is 1.96. The fourth-order valence-corrected chi connectivity index (χ4v) is 2.15. The summed E-state index contributed by atoms with van der Waals surface area (Å²) in [7, 11) is 0. The summed E-state index contributed by atoms with van der Waals surface area (Å²) in [6, 6.07) is 0. The zero-order chi connectivity index (χ0) is 10.2. The van der Waals surface area contributed by atoms with Crippen LogP contribution >= 0.6 is 0 Å². The molecule has 0 radical (unpaired) electrons. The SMILES string of the molecule is CCCC(O)CCCC1CCOCC1. The lowest BCUT2D eigenvalue weighted by Gasteiger charge is -2.22.